The highest BCUT2D eigenvalue weighted by molar-refractivity contribution is 7.84. The Morgan fingerprint density at radius 1 is 1.35 bits per heavy atom. The van der Waals surface area contributed by atoms with E-state index in [0.29, 0.717) is 5.75 Å². The Hall–Kier alpha value is -1.01. The van der Waals surface area contributed by atoms with Gasteiger partial charge in [0.2, 0.25) is 5.95 Å². The minimum Gasteiger partial charge on any atom is -0.338 e. The lowest BCUT2D eigenvalue weighted by Crippen LogP contribution is -2.44. The van der Waals surface area contributed by atoms with E-state index in [-0.39, 0.29) is 0 Å². The third-order valence-electron chi connectivity index (χ3n) is 3.22. The Morgan fingerprint density at radius 3 is 3.00 bits per heavy atom. The van der Waals surface area contributed by atoms with Crippen LogP contribution in [0.4, 0.5) is 5.95 Å². The number of aromatic nitrogens is 2. The van der Waals surface area contributed by atoms with Gasteiger partial charge in [-0.05, 0) is 0 Å². The van der Waals surface area contributed by atoms with Crippen LogP contribution in [0.5, 0.6) is 0 Å². The van der Waals surface area contributed by atoms with Crippen LogP contribution >= 0.6 is 0 Å². The molecular weight excluding hydrogens is 236 g/mol. The second-order valence-electron chi connectivity index (χ2n) is 4.42. The molecule has 0 radical (unpaired) electrons. The molecule has 1 atom stereocenters. The van der Waals surface area contributed by atoms with Crippen molar-refractivity contribution in [2.24, 2.45) is 0 Å². The molecule has 92 valence electrons. The van der Waals surface area contributed by atoms with Gasteiger partial charge in [0, 0.05) is 60.9 Å². The molecule has 1 saturated heterocycles. The SMILES string of the molecule is O=S1CCc2nc(N3CCNCC3)ncc2C1. The van der Waals surface area contributed by atoms with Crippen molar-refractivity contribution in [3.63, 3.8) is 0 Å². The first-order valence-electron chi connectivity index (χ1n) is 5.98. The number of piperazine rings is 1. The summed E-state index contributed by atoms with van der Waals surface area (Å²) in [5.74, 6) is 2.19. The Labute approximate surface area is 103 Å². The second-order valence-corrected chi connectivity index (χ2v) is 5.99. The summed E-state index contributed by atoms with van der Waals surface area (Å²) in [4.78, 5) is 11.2. The predicted molar refractivity (Wildman–Crippen MR) is 67.5 cm³/mol. The van der Waals surface area contributed by atoms with Crippen LogP contribution in [0.25, 0.3) is 0 Å². The van der Waals surface area contributed by atoms with Crippen molar-refractivity contribution in [2.75, 3.05) is 36.8 Å². The predicted octanol–water partition coefficient (Wildman–Crippen LogP) is -0.309. The molecule has 1 unspecified atom stereocenters. The monoisotopic (exact) mass is 252 g/mol. The zero-order chi connectivity index (χ0) is 11.7. The first-order chi connectivity index (χ1) is 8.33. The van der Waals surface area contributed by atoms with Gasteiger partial charge in [-0.25, -0.2) is 9.97 Å². The standard InChI is InChI=1S/C11H16N4OS/c16-17-6-1-10-9(8-17)7-13-11(14-10)15-4-2-12-3-5-15/h7,12H,1-6,8H2. The molecule has 2 aliphatic rings. The molecule has 1 aromatic rings. The molecule has 0 aromatic carbocycles. The van der Waals surface area contributed by atoms with Crippen molar-refractivity contribution in [3.05, 3.63) is 17.5 Å². The summed E-state index contributed by atoms with van der Waals surface area (Å²) >= 11 is 0. The Bertz CT molecular complexity index is 445. The van der Waals surface area contributed by atoms with Gasteiger partial charge < -0.3 is 10.2 Å². The number of anilines is 1. The number of nitrogens with zero attached hydrogens (tertiary/aromatic N) is 3. The second kappa shape index (κ2) is 4.70. The van der Waals surface area contributed by atoms with Crippen molar-refractivity contribution >= 4 is 16.7 Å². The quantitative estimate of drug-likeness (QED) is 0.743. The molecule has 3 heterocycles. The number of hydrogen-bond acceptors (Lipinski definition) is 5. The number of hydrogen-bond donors (Lipinski definition) is 1. The Kier molecular flexibility index (Phi) is 3.07. The fourth-order valence-corrected chi connectivity index (χ4v) is 3.40. The van der Waals surface area contributed by atoms with Gasteiger partial charge in [-0.2, -0.15) is 0 Å². The maximum atomic E-state index is 11.4. The first kappa shape index (κ1) is 11.1. The van der Waals surface area contributed by atoms with Crippen LogP contribution in [0.15, 0.2) is 6.20 Å². The van der Waals surface area contributed by atoms with Gasteiger partial charge in [-0.15, -0.1) is 0 Å². The fraction of sp³-hybridized carbons (Fsp3) is 0.636. The van der Waals surface area contributed by atoms with Crippen LogP contribution in [-0.2, 0) is 23.0 Å². The van der Waals surface area contributed by atoms with Gasteiger partial charge in [0.1, 0.15) is 0 Å². The van der Waals surface area contributed by atoms with Crippen molar-refractivity contribution in [1.82, 2.24) is 15.3 Å². The molecule has 1 fully saturated rings. The summed E-state index contributed by atoms with van der Waals surface area (Å²) in [6, 6.07) is 0. The summed E-state index contributed by atoms with van der Waals surface area (Å²) in [7, 11) is -0.717. The smallest absolute Gasteiger partial charge is 0.225 e. The molecular formula is C11H16N4OS. The molecule has 0 bridgehead atoms. The van der Waals surface area contributed by atoms with Crippen LogP contribution in [0.1, 0.15) is 11.3 Å². The third-order valence-corrected chi connectivity index (χ3v) is 4.52. The summed E-state index contributed by atoms with van der Waals surface area (Å²) < 4.78 is 11.4. The third kappa shape index (κ3) is 2.32. The molecule has 3 rings (SSSR count). The lowest BCUT2D eigenvalue weighted by molar-refractivity contribution is 0.578. The van der Waals surface area contributed by atoms with E-state index in [1.54, 1.807) is 0 Å². The molecule has 0 saturated carbocycles. The highest BCUT2D eigenvalue weighted by atomic mass is 32.2. The maximum Gasteiger partial charge on any atom is 0.225 e. The fourth-order valence-electron chi connectivity index (χ4n) is 2.24. The lowest BCUT2D eigenvalue weighted by Gasteiger charge is -2.28. The number of aryl methyl sites for hydroxylation is 1. The highest BCUT2D eigenvalue weighted by Gasteiger charge is 2.19. The number of nitrogens with one attached hydrogen (secondary N) is 1. The molecule has 1 aromatic heterocycles. The molecule has 0 spiro atoms. The van der Waals surface area contributed by atoms with Gasteiger partial charge in [-0.1, -0.05) is 0 Å². The maximum absolute atomic E-state index is 11.4. The normalized spacial score (nSPS) is 24.5. The molecule has 5 nitrogen and oxygen atoms in total. The van der Waals surface area contributed by atoms with E-state index in [9.17, 15) is 4.21 Å². The molecule has 2 aliphatic heterocycles. The summed E-state index contributed by atoms with van der Waals surface area (Å²) in [6.45, 7) is 3.91. The van der Waals surface area contributed by atoms with Crippen LogP contribution in [-0.4, -0.2) is 46.1 Å². The van der Waals surface area contributed by atoms with Crippen LogP contribution in [0.3, 0.4) is 0 Å². The zero-order valence-electron chi connectivity index (χ0n) is 9.69. The van der Waals surface area contributed by atoms with Crippen molar-refractivity contribution in [3.8, 4) is 0 Å². The largest absolute Gasteiger partial charge is 0.338 e. The van der Waals surface area contributed by atoms with Gasteiger partial charge in [0.05, 0.1) is 11.4 Å². The van der Waals surface area contributed by atoms with Crippen molar-refractivity contribution in [1.29, 1.82) is 0 Å². The van der Waals surface area contributed by atoms with E-state index in [1.807, 2.05) is 6.20 Å². The molecule has 0 aliphatic carbocycles. The summed E-state index contributed by atoms with van der Waals surface area (Å²) in [5.41, 5.74) is 2.15. The summed E-state index contributed by atoms with van der Waals surface area (Å²) in [5, 5.41) is 3.32. The average molecular weight is 252 g/mol. The van der Waals surface area contributed by atoms with Crippen LogP contribution in [0, 0.1) is 0 Å². The van der Waals surface area contributed by atoms with Gasteiger partial charge in [-0.3, -0.25) is 4.21 Å². The summed E-state index contributed by atoms with van der Waals surface area (Å²) in [6.07, 6.45) is 2.68. The van der Waals surface area contributed by atoms with Gasteiger partial charge in [0.15, 0.2) is 0 Å². The molecule has 6 heteroatoms. The number of rotatable bonds is 1. The van der Waals surface area contributed by atoms with Gasteiger partial charge >= 0.3 is 0 Å². The van der Waals surface area contributed by atoms with Gasteiger partial charge in [0.25, 0.3) is 0 Å². The minimum absolute atomic E-state index is 0.622. The van der Waals surface area contributed by atoms with Crippen molar-refractivity contribution < 1.29 is 4.21 Å². The highest BCUT2D eigenvalue weighted by Crippen LogP contribution is 2.18. The average Bonchev–Trinajstić information content (AvgIpc) is 2.39. The van der Waals surface area contributed by atoms with E-state index >= 15 is 0 Å². The molecule has 17 heavy (non-hydrogen) atoms. The molecule has 1 N–H and O–H groups in total. The van der Waals surface area contributed by atoms with E-state index in [0.717, 1.165) is 55.6 Å². The van der Waals surface area contributed by atoms with Crippen LogP contribution < -0.4 is 10.2 Å². The zero-order valence-corrected chi connectivity index (χ0v) is 10.5. The lowest BCUT2D eigenvalue weighted by atomic mass is 10.2. The Morgan fingerprint density at radius 2 is 2.18 bits per heavy atom. The Balaban J connectivity index is 1.85. The number of fused-ring (bicyclic) bond motifs is 1. The topological polar surface area (TPSA) is 58.1 Å². The van der Waals surface area contributed by atoms with E-state index in [1.165, 1.54) is 0 Å². The van der Waals surface area contributed by atoms with Crippen LogP contribution in [0.2, 0.25) is 0 Å². The van der Waals surface area contributed by atoms with E-state index in [2.05, 4.69) is 20.2 Å². The first-order valence-corrected chi connectivity index (χ1v) is 7.47. The van der Waals surface area contributed by atoms with Crippen molar-refractivity contribution in [2.45, 2.75) is 12.2 Å². The van der Waals surface area contributed by atoms with E-state index < -0.39 is 10.8 Å². The van der Waals surface area contributed by atoms with E-state index in [4.69, 9.17) is 0 Å². The minimum atomic E-state index is -0.717. The molecule has 0 amide bonds.